The van der Waals surface area contributed by atoms with Crippen molar-refractivity contribution < 1.29 is 32.2 Å². The highest BCUT2D eigenvalue weighted by Gasteiger charge is 2.41. The number of halogens is 4. The van der Waals surface area contributed by atoms with Gasteiger partial charge in [0.15, 0.2) is 17.3 Å². The van der Waals surface area contributed by atoms with Gasteiger partial charge in [0, 0.05) is 17.0 Å². The molecule has 2 amide bonds. The Kier molecular flexibility index (Phi) is 7.86. The van der Waals surface area contributed by atoms with Crippen LogP contribution >= 0.6 is 11.6 Å². The van der Waals surface area contributed by atoms with Gasteiger partial charge >= 0.3 is 12.3 Å². The first-order valence-corrected chi connectivity index (χ1v) is 13.1. The van der Waals surface area contributed by atoms with Crippen molar-refractivity contribution in [1.82, 2.24) is 34.7 Å². The van der Waals surface area contributed by atoms with Crippen LogP contribution in [-0.4, -0.2) is 59.5 Å². The van der Waals surface area contributed by atoms with Crippen LogP contribution in [0, 0.1) is 0 Å². The average Bonchev–Trinajstić information content (AvgIpc) is 3.59. The predicted molar refractivity (Wildman–Crippen MR) is 152 cm³/mol. The van der Waals surface area contributed by atoms with Gasteiger partial charge in [0.2, 0.25) is 5.88 Å². The maximum absolute atomic E-state index is 14.4. The zero-order chi connectivity index (χ0) is 31.8. The number of benzene rings is 1. The third-order valence-electron chi connectivity index (χ3n) is 5.84. The first-order chi connectivity index (χ1) is 20.7. The highest BCUT2D eigenvalue weighted by molar-refractivity contribution is 6.32. The molecule has 5 aromatic rings. The second kappa shape index (κ2) is 11.4. The van der Waals surface area contributed by atoms with Crippen LogP contribution in [0.25, 0.3) is 22.3 Å². The minimum atomic E-state index is -4.96. The molecule has 0 spiro atoms. The molecule has 0 aliphatic heterocycles. The van der Waals surface area contributed by atoms with Crippen molar-refractivity contribution in [3.05, 3.63) is 71.4 Å². The summed E-state index contributed by atoms with van der Waals surface area (Å²) in [5.74, 6) is -0.815. The smallest absolute Gasteiger partial charge is 0.434 e. The number of hydrogen-bond donors (Lipinski definition) is 2. The van der Waals surface area contributed by atoms with Crippen LogP contribution in [-0.2, 0) is 10.9 Å². The minimum Gasteiger partial charge on any atom is -0.481 e. The van der Waals surface area contributed by atoms with Gasteiger partial charge < -0.3 is 14.8 Å². The maximum Gasteiger partial charge on any atom is 0.434 e. The Morgan fingerprint density at radius 3 is 2.43 bits per heavy atom. The van der Waals surface area contributed by atoms with Gasteiger partial charge in [-0.25, -0.2) is 19.4 Å². The summed E-state index contributed by atoms with van der Waals surface area (Å²) in [7, 11) is 1.40. The molecule has 0 fully saturated rings. The van der Waals surface area contributed by atoms with Crippen LogP contribution in [0.2, 0.25) is 5.02 Å². The quantitative estimate of drug-likeness (QED) is 0.242. The van der Waals surface area contributed by atoms with E-state index in [2.05, 4.69) is 35.9 Å². The van der Waals surface area contributed by atoms with E-state index in [0.29, 0.717) is 15.5 Å². The van der Waals surface area contributed by atoms with Gasteiger partial charge in [0.05, 0.1) is 47.7 Å². The molecule has 5 rings (SSSR count). The Morgan fingerprint density at radius 1 is 0.977 bits per heavy atom. The minimum absolute atomic E-state index is 0.00939. The number of ether oxygens (including phenoxy) is 2. The number of nitrogens with one attached hydrogen (secondary N) is 2. The van der Waals surface area contributed by atoms with Crippen LogP contribution in [0.5, 0.6) is 5.88 Å². The number of fused-ring (bicyclic) bond motifs is 1. The molecule has 0 radical (unpaired) electrons. The number of alkyl halides is 3. The molecule has 0 bridgehead atoms. The lowest BCUT2D eigenvalue weighted by Crippen LogP contribution is -2.27. The molecule has 4 heterocycles. The van der Waals surface area contributed by atoms with Crippen molar-refractivity contribution in [2.45, 2.75) is 32.5 Å². The Hall–Kier alpha value is -5.25. The Labute approximate surface area is 251 Å². The standard InChI is InChI=1S/C27H23ClF3N9O4/c1-26(2,3)44-25(42)37-20-13-35-40(38-20)22-18(28)10-14(11-33-22)36-23(41)17-12-34-39(21(17)27(29,30)31)19-7-5-6-16-15(19)8-9-32-24(16)43-4/h5-13H,1-4H3,(H,36,41)(H,37,38,42). The fourth-order valence-corrected chi connectivity index (χ4v) is 4.40. The molecule has 4 aromatic heterocycles. The van der Waals surface area contributed by atoms with E-state index in [1.165, 1.54) is 43.8 Å². The van der Waals surface area contributed by atoms with E-state index in [1.807, 2.05) is 0 Å². The molecule has 2 N–H and O–H groups in total. The molecule has 13 nitrogen and oxygen atoms in total. The van der Waals surface area contributed by atoms with E-state index >= 15 is 0 Å². The molecule has 0 saturated heterocycles. The third kappa shape index (κ3) is 6.24. The first-order valence-electron chi connectivity index (χ1n) is 12.7. The lowest BCUT2D eigenvalue weighted by atomic mass is 10.1. The van der Waals surface area contributed by atoms with Gasteiger partial charge in [-0.3, -0.25) is 10.1 Å². The van der Waals surface area contributed by atoms with Crippen molar-refractivity contribution >= 4 is 45.9 Å². The van der Waals surface area contributed by atoms with E-state index in [9.17, 15) is 22.8 Å². The molecule has 0 aliphatic carbocycles. The van der Waals surface area contributed by atoms with E-state index in [0.717, 1.165) is 17.2 Å². The number of methoxy groups -OCH3 is 1. The van der Waals surface area contributed by atoms with Crippen molar-refractivity contribution in [2.24, 2.45) is 0 Å². The Balaban J connectivity index is 1.40. The van der Waals surface area contributed by atoms with Gasteiger partial charge in [-0.05, 0) is 45.0 Å². The largest absolute Gasteiger partial charge is 0.481 e. The number of amides is 2. The zero-order valence-electron chi connectivity index (χ0n) is 23.5. The lowest BCUT2D eigenvalue weighted by Gasteiger charge is -2.18. The summed E-state index contributed by atoms with van der Waals surface area (Å²) in [6.45, 7) is 5.10. The summed E-state index contributed by atoms with van der Waals surface area (Å²) in [6, 6.07) is 7.39. The number of carbonyl (C=O) groups is 2. The van der Waals surface area contributed by atoms with Gasteiger partial charge in [-0.1, -0.05) is 17.7 Å². The zero-order valence-corrected chi connectivity index (χ0v) is 24.2. The average molecular weight is 630 g/mol. The number of aromatic nitrogens is 7. The number of rotatable bonds is 6. The summed E-state index contributed by atoms with van der Waals surface area (Å²) >= 11 is 6.33. The van der Waals surface area contributed by atoms with Crippen LogP contribution in [0.1, 0.15) is 36.8 Å². The first kappa shape index (κ1) is 30.2. The summed E-state index contributed by atoms with van der Waals surface area (Å²) in [5, 5.41) is 17.5. The lowest BCUT2D eigenvalue weighted by molar-refractivity contribution is -0.143. The van der Waals surface area contributed by atoms with Gasteiger partial charge in [0.1, 0.15) is 5.60 Å². The predicted octanol–water partition coefficient (Wildman–Crippen LogP) is 5.68. The molecule has 0 aliphatic rings. The van der Waals surface area contributed by atoms with E-state index < -0.39 is 35.0 Å². The van der Waals surface area contributed by atoms with E-state index in [4.69, 9.17) is 21.1 Å². The Bertz CT molecular complexity index is 1880. The molecule has 0 unspecified atom stereocenters. The molecule has 1 aromatic carbocycles. The number of carbonyl (C=O) groups excluding carboxylic acids is 2. The Morgan fingerprint density at radius 2 is 1.75 bits per heavy atom. The van der Waals surface area contributed by atoms with E-state index in [-0.39, 0.29) is 33.9 Å². The molecular weight excluding hydrogens is 607 g/mol. The normalized spacial score (nSPS) is 11.8. The number of anilines is 2. The van der Waals surface area contributed by atoms with Crippen LogP contribution in [0.3, 0.4) is 0 Å². The number of hydrogen-bond acceptors (Lipinski definition) is 9. The van der Waals surface area contributed by atoms with Gasteiger partial charge in [-0.2, -0.15) is 23.4 Å². The summed E-state index contributed by atoms with van der Waals surface area (Å²) in [5.41, 5.74) is -2.70. The molecule has 0 saturated carbocycles. The number of nitrogens with zero attached hydrogens (tertiary/aromatic N) is 7. The van der Waals surface area contributed by atoms with E-state index in [1.54, 1.807) is 26.8 Å². The monoisotopic (exact) mass is 629 g/mol. The van der Waals surface area contributed by atoms with Crippen LogP contribution < -0.4 is 15.4 Å². The topological polar surface area (TPSA) is 151 Å². The SMILES string of the molecule is COc1nccc2c(-n3ncc(C(=O)Nc4cnc(-n5ncc(NC(=O)OC(C)(C)C)n5)c(Cl)c4)c3C(F)(F)F)cccc12. The molecule has 44 heavy (non-hydrogen) atoms. The third-order valence-corrected chi connectivity index (χ3v) is 6.12. The van der Waals surface area contributed by atoms with Crippen molar-refractivity contribution in [3.63, 3.8) is 0 Å². The number of pyridine rings is 2. The maximum atomic E-state index is 14.4. The summed E-state index contributed by atoms with van der Waals surface area (Å²) < 4.78 is 54.2. The fourth-order valence-electron chi connectivity index (χ4n) is 4.16. The molecular formula is C27H23ClF3N9O4. The summed E-state index contributed by atoms with van der Waals surface area (Å²) in [6.07, 6.45) is -1.10. The van der Waals surface area contributed by atoms with Crippen molar-refractivity contribution in [3.8, 4) is 17.4 Å². The van der Waals surface area contributed by atoms with Crippen molar-refractivity contribution in [1.29, 1.82) is 0 Å². The van der Waals surface area contributed by atoms with Crippen molar-refractivity contribution in [2.75, 3.05) is 17.7 Å². The fraction of sp³-hybridized carbons (Fsp3) is 0.222. The highest BCUT2D eigenvalue weighted by Crippen LogP contribution is 2.36. The summed E-state index contributed by atoms with van der Waals surface area (Å²) in [4.78, 5) is 34.3. The molecule has 0 atom stereocenters. The van der Waals surface area contributed by atoms with Gasteiger partial charge in [0.25, 0.3) is 5.91 Å². The van der Waals surface area contributed by atoms with Crippen LogP contribution in [0.15, 0.2) is 55.1 Å². The second-order valence-electron chi connectivity index (χ2n) is 10.1. The highest BCUT2D eigenvalue weighted by atomic mass is 35.5. The second-order valence-corrected chi connectivity index (χ2v) is 10.5. The van der Waals surface area contributed by atoms with Gasteiger partial charge in [-0.15, -0.1) is 9.90 Å². The molecule has 17 heteroatoms. The van der Waals surface area contributed by atoms with Crippen LogP contribution in [0.4, 0.5) is 29.5 Å². The molecule has 228 valence electrons.